The second-order valence-corrected chi connectivity index (χ2v) is 4.77. The number of halogens is 1. The van der Waals surface area contributed by atoms with E-state index in [4.69, 9.17) is 11.6 Å². The van der Waals surface area contributed by atoms with Crippen molar-refractivity contribution >= 4 is 17.6 Å². The molecule has 0 aromatic heterocycles. The van der Waals surface area contributed by atoms with Gasteiger partial charge in [-0.15, -0.1) is 0 Å². The molecule has 0 atom stereocenters. The summed E-state index contributed by atoms with van der Waals surface area (Å²) in [6, 6.07) is 3.28. The molecule has 1 aliphatic rings. The summed E-state index contributed by atoms with van der Waals surface area (Å²) in [5.41, 5.74) is 0.531. The van der Waals surface area contributed by atoms with Crippen LogP contribution in [0.2, 0.25) is 5.02 Å². The second kappa shape index (κ2) is 3.67. The molecule has 0 heterocycles. The summed E-state index contributed by atoms with van der Waals surface area (Å²) in [6.45, 7) is 1.72. The van der Waals surface area contributed by atoms with Crippen LogP contribution in [0.4, 0.5) is 0 Å². The lowest BCUT2D eigenvalue weighted by Gasteiger charge is -2.38. The zero-order valence-electron chi connectivity index (χ0n) is 8.96. The number of aromatic hydroxyl groups is 1. The molecule has 1 aromatic carbocycles. The molecule has 0 saturated heterocycles. The van der Waals surface area contributed by atoms with Crippen LogP contribution in [0.1, 0.15) is 30.4 Å². The van der Waals surface area contributed by atoms with E-state index in [2.05, 4.69) is 0 Å². The van der Waals surface area contributed by atoms with E-state index in [1.165, 1.54) is 0 Å². The highest BCUT2D eigenvalue weighted by Crippen LogP contribution is 2.46. The maximum Gasteiger partial charge on any atom is 0.314 e. The van der Waals surface area contributed by atoms with Crippen LogP contribution in [0.5, 0.6) is 5.75 Å². The van der Waals surface area contributed by atoms with Crippen LogP contribution in [0.3, 0.4) is 0 Å². The third-order valence-electron chi connectivity index (χ3n) is 3.42. The number of carboxylic acid groups (broad SMARTS) is 1. The monoisotopic (exact) mass is 240 g/mol. The number of phenolic OH excluding ortho intramolecular Hbond substituents is 1. The van der Waals surface area contributed by atoms with Crippen LogP contribution in [-0.2, 0) is 10.2 Å². The van der Waals surface area contributed by atoms with Gasteiger partial charge in [-0.05, 0) is 37.0 Å². The Bertz CT molecular complexity index is 427. The first kappa shape index (κ1) is 11.3. The highest BCUT2D eigenvalue weighted by atomic mass is 35.5. The van der Waals surface area contributed by atoms with E-state index in [0.717, 1.165) is 6.42 Å². The maximum absolute atomic E-state index is 11.3. The first-order valence-corrected chi connectivity index (χ1v) is 5.58. The molecule has 16 heavy (non-hydrogen) atoms. The molecule has 1 aliphatic carbocycles. The Morgan fingerprint density at radius 3 is 2.44 bits per heavy atom. The summed E-state index contributed by atoms with van der Waals surface area (Å²) < 4.78 is 0. The number of aliphatic carboxylic acids is 1. The zero-order valence-corrected chi connectivity index (χ0v) is 9.71. The number of hydrogen-bond donors (Lipinski definition) is 2. The normalized spacial score (nSPS) is 17.9. The van der Waals surface area contributed by atoms with Crippen molar-refractivity contribution in [2.45, 2.75) is 31.6 Å². The molecule has 0 radical (unpaired) electrons. The summed E-state index contributed by atoms with van der Waals surface area (Å²) in [5, 5.41) is 19.1. The molecule has 3 nitrogen and oxygen atoms in total. The largest absolute Gasteiger partial charge is 0.506 e. The van der Waals surface area contributed by atoms with Gasteiger partial charge < -0.3 is 10.2 Å². The van der Waals surface area contributed by atoms with Gasteiger partial charge in [0, 0.05) is 0 Å². The summed E-state index contributed by atoms with van der Waals surface area (Å²) >= 11 is 5.87. The van der Waals surface area contributed by atoms with Crippen LogP contribution in [0, 0.1) is 6.92 Å². The van der Waals surface area contributed by atoms with Gasteiger partial charge in [0.15, 0.2) is 0 Å². The van der Waals surface area contributed by atoms with E-state index >= 15 is 0 Å². The van der Waals surface area contributed by atoms with Crippen molar-refractivity contribution in [3.05, 3.63) is 28.3 Å². The minimum Gasteiger partial charge on any atom is -0.506 e. The summed E-state index contributed by atoms with van der Waals surface area (Å²) in [5.74, 6) is -0.773. The molecule has 0 amide bonds. The molecule has 2 N–H and O–H groups in total. The molecular formula is C12H13ClO3. The predicted octanol–water partition coefficient (Wildman–Crippen LogP) is 2.86. The molecule has 0 spiro atoms. The van der Waals surface area contributed by atoms with Gasteiger partial charge in [0.25, 0.3) is 0 Å². The molecule has 1 aromatic rings. The Hall–Kier alpha value is -1.22. The first-order chi connectivity index (χ1) is 7.47. The van der Waals surface area contributed by atoms with Gasteiger partial charge in [-0.25, -0.2) is 0 Å². The topological polar surface area (TPSA) is 57.5 Å². The van der Waals surface area contributed by atoms with Crippen LogP contribution in [0.15, 0.2) is 12.1 Å². The van der Waals surface area contributed by atoms with Crippen LogP contribution < -0.4 is 0 Å². The van der Waals surface area contributed by atoms with Gasteiger partial charge >= 0.3 is 5.97 Å². The average Bonchev–Trinajstić information content (AvgIpc) is 2.11. The van der Waals surface area contributed by atoms with E-state index in [1.54, 1.807) is 19.1 Å². The van der Waals surface area contributed by atoms with E-state index in [1.807, 2.05) is 0 Å². The van der Waals surface area contributed by atoms with Crippen molar-refractivity contribution in [2.24, 2.45) is 0 Å². The van der Waals surface area contributed by atoms with Crippen LogP contribution in [-0.4, -0.2) is 16.2 Å². The molecule has 0 bridgehead atoms. The average molecular weight is 241 g/mol. The Balaban J connectivity index is 2.52. The lowest BCUT2D eigenvalue weighted by molar-refractivity contribution is -0.147. The third-order valence-corrected chi connectivity index (χ3v) is 3.71. The van der Waals surface area contributed by atoms with Gasteiger partial charge in [0.2, 0.25) is 0 Å². The smallest absolute Gasteiger partial charge is 0.314 e. The molecule has 86 valence electrons. The van der Waals surface area contributed by atoms with Crippen molar-refractivity contribution in [3.8, 4) is 5.75 Å². The van der Waals surface area contributed by atoms with Gasteiger partial charge in [0.05, 0.1) is 10.4 Å². The number of phenols is 1. The molecule has 1 fully saturated rings. The fourth-order valence-electron chi connectivity index (χ4n) is 2.17. The van der Waals surface area contributed by atoms with Gasteiger partial charge in [-0.3, -0.25) is 4.79 Å². The lowest BCUT2D eigenvalue weighted by Crippen LogP contribution is -2.42. The third kappa shape index (κ3) is 1.47. The maximum atomic E-state index is 11.3. The van der Waals surface area contributed by atoms with E-state index in [-0.39, 0.29) is 10.8 Å². The van der Waals surface area contributed by atoms with Crippen molar-refractivity contribution in [1.82, 2.24) is 0 Å². The van der Waals surface area contributed by atoms with Crippen molar-refractivity contribution in [1.29, 1.82) is 0 Å². The molecule has 1 saturated carbocycles. The number of hydrogen-bond acceptors (Lipinski definition) is 2. The van der Waals surface area contributed by atoms with E-state index in [9.17, 15) is 15.0 Å². The summed E-state index contributed by atoms with van der Waals surface area (Å²) in [4.78, 5) is 11.3. The number of rotatable bonds is 2. The Kier molecular flexibility index (Phi) is 2.58. The van der Waals surface area contributed by atoms with Crippen molar-refractivity contribution in [2.75, 3.05) is 0 Å². The Labute approximate surface area is 98.7 Å². The number of benzene rings is 1. The number of carbonyl (C=O) groups is 1. The number of aryl methyl sites for hydroxylation is 1. The minimum absolute atomic E-state index is 0.0327. The summed E-state index contributed by atoms with van der Waals surface area (Å²) in [7, 11) is 0. The number of carboxylic acids is 1. The predicted molar refractivity (Wildman–Crippen MR) is 61.0 cm³/mol. The molecule has 4 heteroatoms. The Morgan fingerprint density at radius 1 is 1.44 bits per heavy atom. The fraction of sp³-hybridized carbons (Fsp3) is 0.417. The molecule has 0 aliphatic heterocycles. The second-order valence-electron chi connectivity index (χ2n) is 4.36. The zero-order chi connectivity index (χ0) is 11.9. The summed E-state index contributed by atoms with van der Waals surface area (Å²) in [6.07, 6.45) is 2.20. The highest BCUT2D eigenvalue weighted by Gasteiger charge is 2.46. The molecule has 2 rings (SSSR count). The standard InChI is InChI=1S/C12H13ClO3/c1-7-5-8(6-9(13)10(7)14)12(11(15)16)3-2-4-12/h5-6,14H,2-4H2,1H3,(H,15,16). The fourth-order valence-corrected chi connectivity index (χ4v) is 2.44. The van der Waals surface area contributed by atoms with Crippen LogP contribution >= 0.6 is 11.6 Å². The van der Waals surface area contributed by atoms with Crippen LogP contribution in [0.25, 0.3) is 0 Å². The van der Waals surface area contributed by atoms with Crippen molar-refractivity contribution in [3.63, 3.8) is 0 Å². The van der Waals surface area contributed by atoms with E-state index in [0.29, 0.717) is 24.0 Å². The minimum atomic E-state index is -0.806. The van der Waals surface area contributed by atoms with Gasteiger partial charge in [0.1, 0.15) is 5.75 Å². The van der Waals surface area contributed by atoms with E-state index < -0.39 is 11.4 Å². The molecular weight excluding hydrogens is 228 g/mol. The lowest BCUT2D eigenvalue weighted by atomic mass is 9.64. The van der Waals surface area contributed by atoms with Gasteiger partial charge in [-0.1, -0.05) is 24.1 Å². The SMILES string of the molecule is Cc1cc(C2(C(=O)O)CCC2)cc(Cl)c1O. The Morgan fingerprint density at radius 2 is 2.06 bits per heavy atom. The first-order valence-electron chi connectivity index (χ1n) is 5.20. The highest BCUT2D eigenvalue weighted by molar-refractivity contribution is 6.32. The quantitative estimate of drug-likeness (QED) is 0.836. The molecule has 0 unspecified atom stereocenters. The van der Waals surface area contributed by atoms with Gasteiger partial charge in [-0.2, -0.15) is 0 Å². The van der Waals surface area contributed by atoms with Crippen molar-refractivity contribution < 1.29 is 15.0 Å².